The molecule has 5 rings (SSSR count). The number of aromatic nitrogens is 2. The van der Waals surface area contributed by atoms with E-state index < -0.39 is 0 Å². The fourth-order valence-electron chi connectivity index (χ4n) is 3.78. The van der Waals surface area contributed by atoms with Crippen LogP contribution in [0.25, 0.3) is 20.0 Å². The Hall–Kier alpha value is -2.07. The van der Waals surface area contributed by atoms with Crippen LogP contribution in [-0.2, 0) is 4.74 Å². The van der Waals surface area contributed by atoms with Gasteiger partial charge in [0.1, 0.15) is 4.83 Å². The second-order valence-corrected chi connectivity index (χ2v) is 9.52. The second kappa shape index (κ2) is 7.98. The number of ether oxygens (including phenoxy) is 1. The number of fused-ring (bicyclic) bond motifs is 1. The third-order valence-electron chi connectivity index (χ3n) is 5.50. The lowest BCUT2D eigenvalue weighted by molar-refractivity contribution is 0.0211. The molecule has 0 atom stereocenters. The van der Waals surface area contributed by atoms with E-state index >= 15 is 0 Å². The highest BCUT2D eigenvalue weighted by Gasteiger charge is 2.26. The van der Waals surface area contributed by atoms with Crippen LogP contribution in [0.3, 0.4) is 0 Å². The van der Waals surface area contributed by atoms with Gasteiger partial charge in [-0.3, -0.25) is 9.78 Å². The third-order valence-corrected chi connectivity index (χ3v) is 7.51. The molecular formula is C20H22N4O3S2. The minimum atomic E-state index is -0.243. The van der Waals surface area contributed by atoms with E-state index in [0.29, 0.717) is 18.8 Å². The highest BCUT2D eigenvalue weighted by Crippen LogP contribution is 2.39. The zero-order valence-corrected chi connectivity index (χ0v) is 17.4. The van der Waals surface area contributed by atoms with Gasteiger partial charge in [0.25, 0.3) is 5.91 Å². The Morgan fingerprint density at radius 2 is 1.97 bits per heavy atom. The molecule has 1 aliphatic heterocycles. The van der Waals surface area contributed by atoms with E-state index in [2.05, 4.69) is 26.7 Å². The molecule has 1 amide bonds. The van der Waals surface area contributed by atoms with Gasteiger partial charge in [0, 0.05) is 28.7 Å². The average Bonchev–Trinajstić information content (AvgIpc) is 3.35. The van der Waals surface area contributed by atoms with Crippen molar-refractivity contribution in [1.29, 1.82) is 0 Å². The quantitative estimate of drug-likeness (QED) is 0.575. The van der Waals surface area contributed by atoms with Crippen LogP contribution in [0.5, 0.6) is 0 Å². The number of anilines is 1. The maximum Gasteiger partial charge on any atom is 0.255 e. The normalized spacial score (nSPS) is 22.4. The van der Waals surface area contributed by atoms with Gasteiger partial charge in [0.05, 0.1) is 47.0 Å². The van der Waals surface area contributed by atoms with Gasteiger partial charge < -0.3 is 20.5 Å². The van der Waals surface area contributed by atoms with Gasteiger partial charge in [-0.2, -0.15) is 0 Å². The summed E-state index contributed by atoms with van der Waals surface area (Å²) in [5, 5.41) is 17.3. The first-order chi connectivity index (χ1) is 14.2. The highest BCUT2D eigenvalue weighted by molar-refractivity contribution is 7.25. The van der Waals surface area contributed by atoms with Crippen LogP contribution in [0.2, 0.25) is 0 Å². The number of pyridine rings is 1. The molecule has 3 aromatic heterocycles. The number of rotatable bonds is 5. The monoisotopic (exact) mass is 430 g/mol. The fourth-order valence-corrected chi connectivity index (χ4v) is 5.50. The molecular weight excluding hydrogens is 408 g/mol. The van der Waals surface area contributed by atoms with Gasteiger partial charge in [-0.15, -0.1) is 22.7 Å². The van der Waals surface area contributed by atoms with Crippen LogP contribution in [0.4, 0.5) is 5.69 Å². The van der Waals surface area contributed by atoms with Crippen molar-refractivity contribution < 1.29 is 14.6 Å². The van der Waals surface area contributed by atoms with E-state index in [1.54, 1.807) is 28.9 Å². The van der Waals surface area contributed by atoms with Gasteiger partial charge >= 0.3 is 0 Å². The van der Waals surface area contributed by atoms with Crippen molar-refractivity contribution in [3.05, 3.63) is 29.5 Å². The molecule has 1 saturated carbocycles. The van der Waals surface area contributed by atoms with Crippen LogP contribution in [0.1, 0.15) is 36.0 Å². The standard InChI is InChI=1S/C20H22N4O3S2/c25-13-3-1-11(2-4-13)24-19(26)15-6-22-20-14(18(15)23-12-8-27-9-12)5-16(29-20)17-7-21-10-28-17/h5-7,10-13,25H,1-4,8-9H2,(H,22,23)(H,24,26)/t11-,13-. The molecule has 2 aliphatic rings. The number of carbonyl (C=O) groups is 1. The Bertz CT molecular complexity index is 1010. The Morgan fingerprint density at radius 1 is 1.14 bits per heavy atom. The Kier molecular flexibility index (Phi) is 5.21. The maximum absolute atomic E-state index is 13.1. The molecule has 0 spiro atoms. The summed E-state index contributed by atoms with van der Waals surface area (Å²) in [4.78, 5) is 24.9. The molecule has 0 bridgehead atoms. The molecule has 3 aromatic rings. The Labute approximate surface area is 176 Å². The van der Waals surface area contributed by atoms with Gasteiger partial charge in [0.2, 0.25) is 0 Å². The van der Waals surface area contributed by atoms with E-state index in [1.807, 2.05) is 11.7 Å². The summed E-state index contributed by atoms with van der Waals surface area (Å²) in [6.07, 6.45) is 6.35. The first-order valence-corrected chi connectivity index (χ1v) is 11.5. The van der Waals surface area contributed by atoms with E-state index in [9.17, 15) is 9.90 Å². The first kappa shape index (κ1) is 18.9. The van der Waals surface area contributed by atoms with Gasteiger partial charge in [0.15, 0.2) is 0 Å². The summed E-state index contributed by atoms with van der Waals surface area (Å²) in [5.74, 6) is -0.117. The lowest BCUT2D eigenvalue weighted by atomic mass is 9.93. The summed E-state index contributed by atoms with van der Waals surface area (Å²) < 4.78 is 5.31. The molecule has 0 radical (unpaired) electrons. The number of nitrogens with one attached hydrogen (secondary N) is 2. The molecule has 0 unspecified atom stereocenters. The number of aliphatic hydroxyl groups is 1. The van der Waals surface area contributed by atoms with E-state index in [1.165, 1.54) is 0 Å². The second-order valence-electron chi connectivity index (χ2n) is 7.60. The minimum absolute atomic E-state index is 0.0942. The SMILES string of the molecule is O=C(N[C@H]1CC[C@H](O)CC1)c1cnc2sc(-c3cncs3)cc2c1NC1COC1. The predicted molar refractivity (Wildman–Crippen MR) is 115 cm³/mol. The van der Waals surface area contributed by atoms with Crippen LogP contribution in [-0.4, -0.2) is 52.4 Å². The molecule has 1 saturated heterocycles. The summed E-state index contributed by atoms with van der Waals surface area (Å²) in [7, 11) is 0. The Morgan fingerprint density at radius 3 is 2.66 bits per heavy atom. The van der Waals surface area contributed by atoms with Crippen LogP contribution < -0.4 is 10.6 Å². The molecule has 3 N–H and O–H groups in total. The number of hydrogen-bond donors (Lipinski definition) is 3. The van der Waals surface area contributed by atoms with E-state index in [0.717, 1.165) is 51.3 Å². The molecule has 29 heavy (non-hydrogen) atoms. The van der Waals surface area contributed by atoms with Crippen molar-refractivity contribution in [1.82, 2.24) is 15.3 Å². The summed E-state index contributed by atoms with van der Waals surface area (Å²) in [6, 6.07) is 2.39. The third kappa shape index (κ3) is 3.87. The maximum atomic E-state index is 13.1. The van der Waals surface area contributed by atoms with Crippen molar-refractivity contribution in [2.24, 2.45) is 0 Å². The number of thiophene rings is 1. The number of aliphatic hydroxyl groups excluding tert-OH is 1. The smallest absolute Gasteiger partial charge is 0.255 e. The zero-order valence-electron chi connectivity index (χ0n) is 15.8. The van der Waals surface area contributed by atoms with Crippen LogP contribution in [0, 0.1) is 0 Å². The van der Waals surface area contributed by atoms with Crippen molar-refractivity contribution in [2.75, 3.05) is 18.5 Å². The molecule has 7 nitrogen and oxygen atoms in total. The van der Waals surface area contributed by atoms with Crippen molar-refractivity contribution >= 4 is 44.5 Å². The number of carbonyl (C=O) groups excluding carboxylic acids is 1. The number of hydrogen-bond acceptors (Lipinski definition) is 8. The van der Waals surface area contributed by atoms with Crippen molar-refractivity contribution in [3.63, 3.8) is 0 Å². The lowest BCUT2D eigenvalue weighted by Crippen LogP contribution is -2.42. The molecule has 1 aliphatic carbocycles. The highest BCUT2D eigenvalue weighted by atomic mass is 32.1. The topological polar surface area (TPSA) is 96.4 Å². The molecule has 9 heteroatoms. The molecule has 152 valence electrons. The number of thiazole rings is 1. The van der Waals surface area contributed by atoms with Crippen LogP contribution >= 0.6 is 22.7 Å². The minimum Gasteiger partial charge on any atom is -0.393 e. The lowest BCUT2D eigenvalue weighted by Gasteiger charge is -2.30. The Balaban J connectivity index is 1.48. The fraction of sp³-hybridized carbons (Fsp3) is 0.450. The predicted octanol–water partition coefficient (Wildman–Crippen LogP) is 3.26. The van der Waals surface area contributed by atoms with Gasteiger partial charge in [-0.05, 0) is 31.7 Å². The summed E-state index contributed by atoms with van der Waals surface area (Å²) >= 11 is 3.20. The summed E-state index contributed by atoms with van der Waals surface area (Å²) in [5.41, 5.74) is 3.20. The van der Waals surface area contributed by atoms with E-state index in [4.69, 9.17) is 4.74 Å². The zero-order chi connectivity index (χ0) is 19.8. The average molecular weight is 431 g/mol. The van der Waals surface area contributed by atoms with Crippen molar-refractivity contribution in [3.8, 4) is 9.75 Å². The largest absolute Gasteiger partial charge is 0.393 e. The number of amides is 1. The van der Waals surface area contributed by atoms with Crippen molar-refractivity contribution in [2.45, 2.75) is 43.9 Å². The van der Waals surface area contributed by atoms with Gasteiger partial charge in [-0.25, -0.2) is 4.98 Å². The van der Waals surface area contributed by atoms with Gasteiger partial charge in [-0.1, -0.05) is 0 Å². The van der Waals surface area contributed by atoms with Crippen LogP contribution in [0.15, 0.2) is 24.0 Å². The molecule has 2 fully saturated rings. The summed E-state index contributed by atoms with van der Waals surface area (Å²) in [6.45, 7) is 1.27. The first-order valence-electron chi connectivity index (χ1n) is 9.82. The molecule has 4 heterocycles. The number of nitrogens with zero attached hydrogens (tertiary/aromatic N) is 2. The van der Waals surface area contributed by atoms with E-state index in [-0.39, 0.29) is 24.1 Å². The molecule has 0 aromatic carbocycles.